The zero-order valence-corrected chi connectivity index (χ0v) is 7.23. The van der Waals surface area contributed by atoms with Gasteiger partial charge in [0.15, 0.2) is 0 Å². The highest BCUT2D eigenvalue weighted by Crippen LogP contribution is 2.06. The first-order valence-electron chi connectivity index (χ1n) is 4.22. The Kier molecular flexibility index (Phi) is 3.45. The maximum Gasteiger partial charge on any atom is 0.123 e. The van der Waals surface area contributed by atoms with E-state index in [9.17, 15) is 4.79 Å². The second-order valence-corrected chi connectivity index (χ2v) is 2.83. The third kappa shape index (κ3) is 2.46. The van der Waals surface area contributed by atoms with E-state index in [1.54, 1.807) is 6.20 Å². The molecule has 1 atom stereocenters. The number of aldehydes is 1. The number of hydrogen-bond donors (Lipinski definition) is 0. The van der Waals surface area contributed by atoms with E-state index in [1.165, 1.54) is 0 Å². The van der Waals surface area contributed by atoms with Crippen LogP contribution in [0, 0.1) is 5.92 Å². The zero-order valence-electron chi connectivity index (χ0n) is 7.23. The lowest BCUT2D eigenvalue weighted by Gasteiger charge is -2.04. The monoisotopic (exact) mass is 163 g/mol. The van der Waals surface area contributed by atoms with Gasteiger partial charge in [-0.05, 0) is 25.0 Å². The van der Waals surface area contributed by atoms with Gasteiger partial charge in [0.2, 0.25) is 0 Å². The van der Waals surface area contributed by atoms with Gasteiger partial charge in [0, 0.05) is 17.8 Å². The standard InChI is InChI=1S/C10H13NO/c1-2-9(8-12)7-10-5-3-4-6-11-10/h3-6,8-9H,2,7H2,1H3. The third-order valence-electron chi connectivity index (χ3n) is 1.91. The van der Waals surface area contributed by atoms with Crippen LogP contribution in [-0.2, 0) is 11.2 Å². The molecule has 1 unspecified atom stereocenters. The highest BCUT2D eigenvalue weighted by Gasteiger charge is 2.05. The predicted octanol–water partition coefficient (Wildman–Crippen LogP) is 1.85. The van der Waals surface area contributed by atoms with Crippen molar-refractivity contribution >= 4 is 6.29 Å². The first-order chi connectivity index (χ1) is 5.86. The molecule has 0 bridgehead atoms. The number of pyridine rings is 1. The van der Waals surface area contributed by atoms with E-state index in [2.05, 4.69) is 4.98 Å². The molecule has 1 aromatic heterocycles. The molecule has 1 rings (SSSR count). The zero-order chi connectivity index (χ0) is 8.81. The lowest BCUT2D eigenvalue weighted by molar-refractivity contribution is -0.111. The second-order valence-electron chi connectivity index (χ2n) is 2.83. The molecule has 0 aliphatic carbocycles. The Labute approximate surface area is 72.6 Å². The van der Waals surface area contributed by atoms with Gasteiger partial charge >= 0.3 is 0 Å². The molecular weight excluding hydrogens is 150 g/mol. The van der Waals surface area contributed by atoms with Crippen molar-refractivity contribution in [3.8, 4) is 0 Å². The van der Waals surface area contributed by atoms with E-state index in [0.717, 1.165) is 24.8 Å². The summed E-state index contributed by atoms with van der Waals surface area (Å²) in [5, 5.41) is 0. The van der Waals surface area contributed by atoms with Gasteiger partial charge in [0.1, 0.15) is 6.29 Å². The van der Waals surface area contributed by atoms with Crippen LogP contribution in [-0.4, -0.2) is 11.3 Å². The molecule has 2 nitrogen and oxygen atoms in total. The van der Waals surface area contributed by atoms with Crippen LogP contribution in [0.25, 0.3) is 0 Å². The first-order valence-corrected chi connectivity index (χ1v) is 4.22. The fraction of sp³-hybridized carbons (Fsp3) is 0.400. The molecule has 2 heteroatoms. The summed E-state index contributed by atoms with van der Waals surface area (Å²) in [4.78, 5) is 14.7. The summed E-state index contributed by atoms with van der Waals surface area (Å²) in [5.41, 5.74) is 0.997. The van der Waals surface area contributed by atoms with Gasteiger partial charge in [-0.15, -0.1) is 0 Å². The summed E-state index contributed by atoms with van der Waals surface area (Å²) in [6.45, 7) is 2.02. The van der Waals surface area contributed by atoms with E-state index < -0.39 is 0 Å². The molecule has 0 amide bonds. The number of hydrogen-bond acceptors (Lipinski definition) is 2. The Balaban J connectivity index is 2.56. The Morgan fingerprint density at radius 1 is 1.58 bits per heavy atom. The van der Waals surface area contributed by atoms with E-state index >= 15 is 0 Å². The number of carbonyl (C=O) groups excluding carboxylic acids is 1. The molecule has 12 heavy (non-hydrogen) atoms. The topological polar surface area (TPSA) is 30.0 Å². The molecule has 0 spiro atoms. The summed E-state index contributed by atoms with van der Waals surface area (Å²) in [5.74, 6) is 0.125. The van der Waals surface area contributed by atoms with Gasteiger partial charge in [-0.25, -0.2) is 0 Å². The van der Waals surface area contributed by atoms with E-state index in [0.29, 0.717) is 0 Å². The number of aromatic nitrogens is 1. The van der Waals surface area contributed by atoms with Gasteiger partial charge in [-0.2, -0.15) is 0 Å². The summed E-state index contributed by atoms with van der Waals surface area (Å²) in [6, 6.07) is 5.78. The largest absolute Gasteiger partial charge is 0.303 e. The predicted molar refractivity (Wildman–Crippen MR) is 47.8 cm³/mol. The molecule has 0 saturated heterocycles. The fourth-order valence-electron chi connectivity index (χ4n) is 1.08. The van der Waals surface area contributed by atoms with Gasteiger partial charge in [-0.3, -0.25) is 4.98 Å². The van der Waals surface area contributed by atoms with Crippen molar-refractivity contribution in [1.29, 1.82) is 0 Å². The molecule has 1 aromatic rings. The van der Waals surface area contributed by atoms with Crippen LogP contribution in [0.5, 0.6) is 0 Å². The highest BCUT2D eigenvalue weighted by molar-refractivity contribution is 5.53. The quantitative estimate of drug-likeness (QED) is 0.634. The van der Waals surface area contributed by atoms with Crippen molar-refractivity contribution in [3.63, 3.8) is 0 Å². The van der Waals surface area contributed by atoms with Crippen LogP contribution < -0.4 is 0 Å². The number of rotatable bonds is 4. The van der Waals surface area contributed by atoms with E-state index in [4.69, 9.17) is 0 Å². The van der Waals surface area contributed by atoms with Crippen molar-refractivity contribution in [2.24, 2.45) is 5.92 Å². The van der Waals surface area contributed by atoms with E-state index in [-0.39, 0.29) is 5.92 Å². The van der Waals surface area contributed by atoms with Crippen LogP contribution in [0.1, 0.15) is 19.0 Å². The molecular formula is C10H13NO. The Bertz CT molecular complexity index is 233. The molecule has 0 N–H and O–H groups in total. The molecule has 0 radical (unpaired) electrons. The molecule has 0 aliphatic rings. The van der Waals surface area contributed by atoms with Crippen LogP contribution in [0.4, 0.5) is 0 Å². The smallest absolute Gasteiger partial charge is 0.123 e. The number of nitrogens with zero attached hydrogens (tertiary/aromatic N) is 1. The van der Waals surface area contributed by atoms with Gasteiger partial charge < -0.3 is 4.79 Å². The summed E-state index contributed by atoms with van der Waals surface area (Å²) in [7, 11) is 0. The van der Waals surface area contributed by atoms with Crippen molar-refractivity contribution < 1.29 is 4.79 Å². The van der Waals surface area contributed by atoms with Crippen molar-refractivity contribution in [3.05, 3.63) is 30.1 Å². The van der Waals surface area contributed by atoms with Gasteiger partial charge in [-0.1, -0.05) is 13.0 Å². The van der Waals surface area contributed by atoms with Crippen LogP contribution >= 0.6 is 0 Å². The minimum absolute atomic E-state index is 0.125. The SMILES string of the molecule is CCC(C=O)Cc1ccccn1. The second kappa shape index (κ2) is 4.65. The van der Waals surface area contributed by atoms with E-state index in [1.807, 2.05) is 25.1 Å². The molecule has 0 aromatic carbocycles. The number of carbonyl (C=O) groups is 1. The van der Waals surface area contributed by atoms with Gasteiger partial charge in [0.25, 0.3) is 0 Å². The Morgan fingerprint density at radius 2 is 2.42 bits per heavy atom. The normalized spacial score (nSPS) is 12.4. The van der Waals surface area contributed by atoms with Crippen molar-refractivity contribution in [2.45, 2.75) is 19.8 Å². The lowest BCUT2D eigenvalue weighted by atomic mass is 10.0. The third-order valence-corrected chi connectivity index (χ3v) is 1.91. The average molecular weight is 163 g/mol. The molecule has 64 valence electrons. The summed E-state index contributed by atoms with van der Waals surface area (Å²) < 4.78 is 0. The average Bonchev–Trinajstić information content (AvgIpc) is 2.16. The summed E-state index contributed by atoms with van der Waals surface area (Å²) in [6.07, 6.45) is 4.42. The molecule has 0 saturated carbocycles. The molecule has 1 heterocycles. The maximum absolute atomic E-state index is 10.5. The molecule has 0 fully saturated rings. The van der Waals surface area contributed by atoms with Crippen LogP contribution in [0.2, 0.25) is 0 Å². The van der Waals surface area contributed by atoms with Crippen molar-refractivity contribution in [2.75, 3.05) is 0 Å². The van der Waals surface area contributed by atoms with Gasteiger partial charge in [0.05, 0.1) is 0 Å². The fourth-order valence-corrected chi connectivity index (χ4v) is 1.08. The minimum Gasteiger partial charge on any atom is -0.303 e. The summed E-state index contributed by atoms with van der Waals surface area (Å²) >= 11 is 0. The Morgan fingerprint density at radius 3 is 2.92 bits per heavy atom. The highest BCUT2D eigenvalue weighted by atomic mass is 16.1. The lowest BCUT2D eigenvalue weighted by Crippen LogP contribution is -2.05. The van der Waals surface area contributed by atoms with Crippen LogP contribution in [0.3, 0.4) is 0 Å². The van der Waals surface area contributed by atoms with Crippen molar-refractivity contribution in [1.82, 2.24) is 4.98 Å². The first kappa shape index (κ1) is 8.91. The maximum atomic E-state index is 10.5. The van der Waals surface area contributed by atoms with Crippen LogP contribution in [0.15, 0.2) is 24.4 Å². The Hall–Kier alpha value is -1.18. The minimum atomic E-state index is 0.125. The molecule has 0 aliphatic heterocycles.